The predicted octanol–water partition coefficient (Wildman–Crippen LogP) is 2.64. The van der Waals surface area contributed by atoms with Crippen LogP contribution < -0.4 is 5.32 Å². The van der Waals surface area contributed by atoms with E-state index in [-0.39, 0.29) is 5.54 Å². The first-order chi connectivity index (χ1) is 8.84. The van der Waals surface area contributed by atoms with Crippen LogP contribution in [0, 0.1) is 0 Å². The molecule has 0 spiro atoms. The van der Waals surface area contributed by atoms with Gasteiger partial charge in [-0.15, -0.1) is 11.3 Å². The summed E-state index contributed by atoms with van der Waals surface area (Å²) in [5, 5.41) is 4.92. The molecule has 1 aliphatic heterocycles. The first kappa shape index (κ1) is 12.6. The second-order valence-corrected chi connectivity index (χ2v) is 6.45. The third-order valence-electron chi connectivity index (χ3n) is 4.01. The highest BCUT2D eigenvalue weighted by atomic mass is 32.1. The van der Waals surface area contributed by atoms with Crippen molar-refractivity contribution in [2.75, 3.05) is 19.8 Å². The molecule has 1 N–H and O–H groups in total. The van der Waals surface area contributed by atoms with Crippen LogP contribution in [-0.4, -0.2) is 24.7 Å². The minimum Gasteiger partial charge on any atom is -0.379 e. The average Bonchev–Trinajstić information content (AvgIpc) is 2.84. The minimum atomic E-state index is -0.00495. The fourth-order valence-electron chi connectivity index (χ4n) is 3.07. The molecule has 1 aliphatic carbocycles. The van der Waals surface area contributed by atoms with Gasteiger partial charge in [0.05, 0.1) is 17.8 Å². The largest absolute Gasteiger partial charge is 0.379 e. The Kier molecular flexibility index (Phi) is 3.68. The second-order valence-electron chi connectivity index (χ2n) is 5.36. The van der Waals surface area contributed by atoms with Gasteiger partial charge in [0.15, 0.2) is 0 Å². The van der Waals surface area contributed by atoms with E-state index in [0.717, 1.165) is 32.6 Å². The van der Waals surface area contributed by atoms with Gasteiger partial charge in [0, 0.05) is 11.5 Å². The summed E-state index contributed by atoms with van der Waals surface area (Å²) < 4.78 is 5.73. The molecule has 0 aromatic carbocycles. The molecular weight excluding hydrogens is 244 g/mol. The molecule has 1 aromatic rings. The summed E-state index contributed by atoms with van der Waals surface area (Å²) in [4.78, 5) is 6.47. The molecule has 1 saturated heterocycles. The highest BCUT2D eigenvalue weighted by Crippen LogP contribution is 2.36. The predicted molar refractivity (Wildman–Crippen MR) is 74.2 cm³/mol. The third-order valence-corrected chi connectivity index (χ3v) is 5.37. The highest BCUT2D eigenvalue weighted by Gasteiger charge is 2.37. The van der Waals surface area contributed by atoms with E-state index in [1.54, 1.807) is 0 Å². The van der Waals surface area contributed by atoms with Gasteiger partial charge in [0.2, 0.25) is 0 Å². The highest BCUT2D eigenvalue weighted by molar-refractivity contribution is 7.11. The van der Waals surface area contributed by atoms with Crippen molar-refractivity contribution in [1.29, 1.82) is 0 Å². The van der Waals surface area contributed by atoms with E-state index >= 15 is 0 Å². The topological polar surface area (TPSA) is 34.2 Å². The molecule has 100 valence electrons. The lowest BCUT2D eigenvalue weighted by Crippen LogP contribution is -2.48. The van der Waals surface area contributed by atoms with Crippen LogP contribution >= 0.6 is 11.3 Å². The van der Waals surface area contributed by atoms with Gasteiger partial charge in [-0.1, -0.05) is 6.92 Å². The molecule has 2 aliphatic rings. The summed E-state index contributed by atoms with van der Waals surface area (Å²) in [6, 6.07) is 0. The molecule has 0 radical (unpaired) electrons. The van der Waals surface area contributed by atoms with Crippen LogP contribution in [0.25, 0.3) is 0 Å². The van der Waals surface area contributed by atoms with Crippen LogP contribution in [0.5, 0.6) is 0 Å². The van der Waals surface area contributed by atoms with Crippen LogP contribution in [0.15, 0.2) is 0 Å². The van der Waals surface area contributed by atoms with Crippen molar-refractivity contribution in [3.63, 3.8) is 0 Å². The standard InChI is InChI=1S/C14H22N2OS/c1-2-15-14(8-5-9-17-10-14)13-16-11-6-3-4-7-12(11)18-13/h15H,2-10H2,1H3. The van der Waals surface area contributed by atoms with Crippen molar-refractivity contribution in [3.05, 3.63) is 15.6 Å². The van der Waals surface area contributed by atoms with E-state index in [9.17, 15) is 0 Å². The Bertz CT molecular complexity index is 381. The fraction of sp³-hybridized carbons (Fsp3) is 0.786. The molecule has 3 rings (SSSR count). The van der Waals surface area contributed by atoms with Gasteiger partial charge in [0.25, 0.3) is 0 Å². The molecule has 4 heteroatoms. The van der Waals surface area contributed by atoms with Gasteiger partial charge in [-0.25, -0.2) is 4.98 Å². The van der Waals surface area contributed by atoms with Gasteiger partial charge < -0.3 is 10.1 Å². The number of hydrogen-bond acceptors (Lipinski definition) is 4. The van der Waals surface area contributed by atoms with E-state index in [1.807, 2.05) is 11.3 Å². The molecule has 0 amide bonds. The van der Waals surface area contributed by atoms with Crippen LogP contribution in [0.3, 0.4) is 0 Å². The Labute approximate surface area is 113 Å². The fourth-order valence-corrected chi connectivity index (χ4v) is 4.40. The molecular formula is C14H22N2OS. The molecule has 3 nitrogen and oxygen atoms in total. The Morgan fingerprint density at radius 3 is 2.94 bits per heavy atom. The van der Waals surface area contributed by atoms with Gasteiger partial charge in [-0.3, -0.25) is 0 Å². The summed E-state index contributed by atoms with van der Waals surface area (Å²) in [5.74, 6) is 0. The maximum atomic E-state index is 5.73. The van der Waals surface area contributed by atoms with Gasteiger partial charge in [-0.05, 0) is 45.1 Å². The molecule has 2 heterocycles. The van der Waals surface area contributed by atoms with Crippen LogP contribution in [-0.2, 0) is 23.1 Å². The van der Waals surface area contributed by atoms with Gasteiger partial charge in [-0.2, -0.15) is 0 Å². The maximum Gasteiger partial charge on any atom is 0.116 e. The lowest BCUT2D eigenvalue weighted by atomic mass is 9.93. The van der Waals surface area contributed by atoms with Crippen LogP contribution in [0.2, 0.25) is 0 Å². The summed E-state index contributed by atoms with van der Waals surface area (Å²) in [6.07, 6.45) is 7.34. The molecule has 1 atom stereocenters. The number of ether oxygens (including phenoxy) is 1. The Balaban J connectivity index is 1.91. The van der Waals surface area contributed by atoms with Crippen molar-refractivity contribution in [2.45, 2.75) is 51.0 Å². The van der Waals surface area contributed by atoms with Crippen molar-refractivity contribution in [2.24, 2.45) is 0 Å². The Morgan fingerprint density at radius 1 is 1.33 bits per heavy atom. The minimum absolute atomic E-state index is 0.00495. The van der Waals surface area contributed by atoms with Crippen LogP contribution in [0.4, 0.5) is 0 Å². The van der Waals surface area contributed by atoms with E-state index in [1.165, 1.54) is 41.3 Å². The Hall–Kier alpha value is -0.450. The number of rotatable bonds is 3. The lowest BCUT2D eigenvalue weighted by molar-refractivity contribution is 0.0188. The summed E-state index contributed by atoms with van der Waals surface area (Å²) in [7, 11) is 0. The number of thiazole rings is 1. The zero-order valence-electron chi connectivity index (χ0n) is 11.1. The van der Waals surface area contributed by atoms with Crippen molar-refractivity contribution >= 4 is 11.3 Å². The van der Waals surface area contributed by atoms with Gasteiger partial charge in [0.1, 0.15) is 5.01 Å². The SMILES string of the molecule is CCNC1(c2nc3c(s2)CCCC3)CCCOC1. The Morgan fingerprint density at radius 2 is 2.22 bits per heavy atom. The zero-order valence-corrected chi connectivity index (χ0v) is 11.9. The summed E-state index contributed by atoms with van der Waals surface area (Å²) >= 11 is 1.93. The number of hydrogen-bond donors (Lipinski definition) is 1. The molecule has 0 bridgehead atoms. The van der Waals surface area contributed by atoms with E-state index < -0.39 is 0 Å². The monoisotopic (exact) mass is 266 g/mol. The average molecular weight is 266 g/mol. The van der Waals surface area contributed by atoms with E-state index in [4.69, 9.17) is 9.72 Å². The molecule has 0 saturated carbocycles. The van der Waals surface area contributed by atoms with Crippen molar-refractivity contribution < 1.29 is 4.74 Å². The zero-order chi connectivity index (χ0) is 12.4. The third kappa shape index (κ3) is 2.22. The normalized spacial score (nSPS) is 28.1. The summed E-state index contributed by atoms with van der Waals surface area (Å²) in [6.45, 7) is 4.84. The lowest BCUT2D eigenvalue weighted by Gasteiger charge is -2.36. The second kappa shape index (κ2) is 5.27. The number of aryl methyl sites for hydroxylation is 2. The first-order valence-corrected chi connectivity index (χ1v) is 7.97. The quantitative estimate of drug-likeness (QED) is 0.913. The number of likely N-dealkylation sites (N-methyl/N-ethyl adjacent to an activating group) is 1. The smallest absolute Gasteiger partial charge is 0.116 e. The van der Waals surface area contributed by atoms with E-state index in [0.29, 0.717) is 0 Å². The number of fused-ring (bicyclic) bond motifs is 1. The van der Waals surface area contributed by atoms with Crippen LogP contribution in [0.1, 0.15) is 48.2 Å². The molecule has 1 fully saturated rings. The summed E-state index contributed by atoms with van der Waals surface area (Å²) in [5.41, 5.74) is 1.36. The van der Waals surface area contributed by atoms with Crippen molar-refractivity contribution in [3.8, 4) is 0 Å². The first-order valence-electron chi connectivity index (χ1n) is 7.16. The maximum absolute atomic E-state index is 5.73. The number of nitrogens with zero attached hydrogens (tertiary/aromatic N) is 1. The number of aromatic nitrogens is 1. The molecule has 1 unspecified atom stereocenters. The van der Waals surface area contributed by atoms with Crippen molar-refractivity contribution in [1.82, 2.24) is 10.3 Å². The van der Waals surface area contributed by atoms with Gasteiger partial charge >= 0.3 is 0 Å². The number of nitrogens with one attached hydrogen (secondary N) is 1. The molecule has 18 heavy (non-hydrogen) atoms. The molecule has 1 aromatic heterocycles. The van der Waals surface area contributed by atoms with E-state index in [2.05, 4.69) is 12.2 Å².